The predicted molar refractivity (Wildman–Crippen MR) is 156 cm³/mol. The molecule has 5 rings (SSSR count). The summed E-state index contributed by atoms with van der Waals surface area (Å²) in [5.41, 5.74) is 1.55. The number of ether oxygens (including phenoxy) is 1. The van der Waals surface area contributed by atoms with Crippen molar-refractivity contribution in [3.8, 4) is 11.3 Å². The number of benzene rings is 1. The van der Waals surface area contributed by atoms with Crippen LogP contribution in [0.1, 0.15) is 29.7 Å². The summed E-state index contributed by atoms with van der Waals surface area (Å²) in [6.07, 6.45) is -3.82. The van der Waals surface area contributed by atoms with E-state index in [9.17, 15) is 31.1 Å². The zero-order valence-corrected chi connectivity index (χ0v) is 25.9. The van der Waals surface area contributed by atoms with Gasteiger partial charge in [-0.1, -0.05) is 6.07 Å². The average Bonchev–Trinajstić information content (AvgIpc) is 3.31. The van der Waals surface area contributed by atoms with Gasteiger partial charge in [0.05, 0.1) is 43.4 Å². The van der Waals surface area contributed by atoms with Crippen molar-refractivity contribution in [1.29, 1.82) is 0 Å². The summed E-state index contributed by atoms with van der Waals surface area (Å²) in [6, 6.07) is 3.95. The van der Waals surface area contributed by atoms with Crippen LogP contribution in [0.4, 0.5) is 17.6 Å². The van der Waals surface area contributed by atoms with Crippen LogP contribution in [-0.2, 0) is 40.4 Å². The molecule has 1 aromatic carbocycles. The minimum atomic E-state index is -4.54. The summed E-state index contributed by atoms with van der Waals surface area (Å²) in [4.78, 5) is 4.27. The van der Waals surface area contributed by atoms with Crippen LogP contribution in [0.5, 0.6) is 0 Å². The Morgan fingerprint density at radius 3 is 2.49 bits per heavy atom. The normalized spacial score (nSPS) is 20.8. The molecule has 0 aliphatic carbocycles. The van der Waals surface area contributed by atoms with Gasteiger partial charge in [-0.25, -0.2) is 12.8 Å². The Morgan fingerprint density at radius 1 is 1.09 bits per heavy atom. The number of thioether (sulfide) groups is 1. The quantitative estimate of drug-likeness (QED) is 0.311. The van der Waals surface area contributed by atoms with E-state index >= 15 is 0 Å². The number of aromatic nitrogens is 2. The minimum Gasteiger partial charge on any atom is -0.390 e. The lowest BCUT2D eigenvalue weighted by Gasteiger charge is -2.30. The lowest BCUT2D eigenvalue weighted by atomic mass is 10.0. The van der Waals surface area contributed by atoms with Crippen molar-refractivity contribution in [1.82, 2.24) is 23.9 Å². The highest BCUT2D eigenvalue weighted by molar-refractivity contribution is 7.99. The third-order valence-corrected chi connectivity index (χ3v) is 10.6. The largest absolute Gasteiger partial charge is 0.417 e. The molecule has 3 aliphatic rings. The summed E-state index contributed by atoms with van der Waals surface area (Å²) in [5, 5.41) is 15.7. The van der Waals surface area contributed by atoms with Crippen LogP contribution in [0.2, 0.25) is 0 Å². The summed E-state index contributed by atoms with van der Waals surface area (Å²) in [5.74, 6) is 0.465. The number of β-amino-alcohol motifs (C(OH)–C–C–N with tert-alkyl or cyclic N) is 1. The number of alkyl halides is 4. The van der Waals surface area contributed by atoms with Crippen LogP contribution >= 0.6 is 11.8 Å². The Labute approximate surface area is 254 Å². The van der Waals surface area contributed by atoms with E-state index in [0.29, 0.717) is 81.2 Å². The maximum atomic E-state index is 14.0. The average molecular weight is 650 g/mol. The number of halogens is 4. The summed E-state index contributed by atoms with van der Waals surface area (Å²) in [7, 11) is -3.52. The van der Waals surface area contributed by atoms with Gasteiger partial charge in [0, 0.05) is 86.2 Å². The van der Waals surface area contributed by atoms with E-state index in [2.05, 4.69) is 4.90 Å². The Kier molecular flexibility index (Phi) is 10.4. The number of sulfonamides is 1. The maximum Gasteiger partial charge on any atom is 0.417 e. The molecule has 1 aromatic heterocycles. The number of hydrogen-bond donors (Lipinski definition) is 1. The van der Waals surface area contributed by atoms with Crippen LogP contribution in [0, 0.1) is 0 Å². The standard InChI is InChI=1S/C28H39F4N5O4S2/c1-43(39,40)36-9-6-25-23(19-36)27(33-37(25)18-22(38)17-35-7-4-21(29)5-8-35)20-2-3-24(28(30,31)32)26(16-20)42-15-12-34-10-13-41-14-11-34/h2-3,16,21-22,38H,4-15,17-19H2,1H3. The van der Waals surface area contributed by atoms with Crippen molar-refractivity contribution in [3.63, 3.8) is 0 Å². The molecule has 9 nitrogen and oxygen atoms in total. The van der Waals surface area contributed by atoms with Gasteiger partial charge >= 0.3 is 6.18 Å². The number of piperidine rings is 1. The van der Waals surface area contributed by atoms with Crippen molar-refractivity contribution >= 4 is 21.8 Å². The Morgan fingerprint density at radius 2 is 1.81 bits per heavy atom. The number of fused-ring (bicyclic) bond motifs is 1. The van der Waals surface area contributed by atoms with Gasteiger partial charge in [-0.05, 0) is 25.0 Å². The Balaban J connectivity index is 1.42. The molecule has 2 fully saturated rings. The number of rotatable bonds is 10. The highest BCUT2D eigenvalue weighted by Gasteiger charge is 2.35. The van der Waals surface area contributed by atoms with E-state index in [1.54, 1.807) is 4.68 Å². The third-order valence-electron chi connectivity index (χ3n) is 8.27. The van der Waals surface area contributed by atoms with Crippen molar-refractivity contribution in [2.45, 2.75) is 55.7 Å². The lowest BCUT2D eigenvalue weighted by molar-refractivity contribution is -0.139. The first-order valence-electron chi connectivity index (χ1n) is 14.6. The molecule has 1 unspecified atom stereocenters. The molecule has 1 atom stereocenters. The highest BCUT2D eigenvalue weighted by atomic mass is 32.2. The van der Waals surface area contributed by atoms with Gasteiger partial charge < -0.3 is 14.7 Å². The van der Waals surface area contributed by atoms with Gasteiger partial charge in [0.2, 0.25) is 10.0 Å². The first-order valence-corrected chi connectivity index (χ1v) is 17.4. The molecule has 4 heterocycles. The van der Waals surface area contributed by atoms with Crippen LogP contribution in [0.25, 0.3) is 11.3 Å². The van der Waals surface area contributed by atoms with Gasteiger partial charge in [-0.15, -0.1) is 11.8 Å². The van der Waals surface area contributed by atoms with Crippen LogP contribution in [0.15, 0.2) is 23.1 Å². The summed E-state index contributed by atoms with van der Waals surface area (Å²) < 4.78 is 88.7. The SMILES string of the molecule is CS(=O)(=O)N1CCc2c(c(-c3ccc(C(F)(F)F)c(SCCN4CCOCC4)c3)nn2CC(O)CN2CCC(F)CC2)C1. The van der Waals surface area contributed by atoms with Gasteiger partial charge in [0.25, 0.3) is 0 Å². The number of hydrogen-bond acceptors (Lipinski definition) is 8. The zero-order chi connectivity index (χ0) is 30.8. The fourth-order valence-corrected chi connectivity index (χ4v) is 7.81. The van der Waals surface area contributed by atoms with E-state index in [0.717, 1.165) is 42.9 Å². The zero-order valence-electron chi connectivity index (χ0n) is 24.2. The van der Waals surface area contributed by atoms with E-state index in [-0.39, 0.29) is 24.5 Å². The van der Waals surface area contributed by atoms with Gasteiger partial charge in [0.15, 0.2) is 0 Å². The molecule has 0 saturated carbocycles. The molecule has 0 radical (unpaired) electrons. The maximum absolute atomic E-state index is 14.0. The van der Waals surface area contributed by atoms with Crippen molar-refractivity contribution < 1.29 is 35.8 Å². The number of likely N-dealkylation sites (tertiary alicyclic amines) is 1. The molecule has 2 aromatic rings. The monoisotopic (exact) mass is 649 g/mol. The smallest absolute Gasteiger partial charge is 0.390 e. The minimum absolute atomic E-state index is 0.0458. The molecule has 0 bridgehead atoms. The van der Waals surface area contributed by atoms with E-state index in [4.69, 9.17) is 9.84 Å². The molecular formula is C28H39F4N5O4S2. The van der Waals surface area contributed by atoms with Gasteiger partial charge in [0.1, 0.15) is 6.17 Å². The second-order valence-electron chi connectivity index (χ2n) is 11.4. The molecule has 240 valence electrons. The van der Waals surface area contributed by atoms with Gasteiger partial charge in [-0.2, -0.15) is 22.6 Å². The topological polar surface area (TPSA) is 91.1 Å². The number of nitrogens with zero attached hydrogens (tertiary/aromatic N) is 5. The predicted octanol–water partition coefficient (Wildman–Crippen LogP) is 3.11. The third kappa shape index (κ3) is 8.30. The van der Waals surface area contributed by atoms with Crippen LogP contribution in [0.3, 0.4) is 0 Å². The molecule has 1 N–H and O–H groups in total. The summed E-state index contributed by atoms with van der Waals surface area (Å²) in [6.45, 7) is 5.22. The second kappa shape index (κ2) is 13.7. The highest BCUT2D eigenvalue weighted by Crippen LogP contribution is 2.40. The lowest BCUT2D eigenvalue weighted by Crippen LogP contribution is -2.41. The number of aliphatic hydroxyl groups is 1. The molecule has 2 saturated heterocycles. The molecule has 15 heteroatoms. The first kappa shape index (κ1) is 32.6. The van der Waals surface area contributed by atoms with E-state index in [1.165, 1.54) is 16.4 Å². The number of morpholine rings is 1. The fraction of sp³-hybridized carbons (Fsp3) is 0.679. The molecule has 43 heavy (non-hydrogen) atoms. The van der Waals surface area contributed by atoms with E-state index < -0.39 is 34.0 Å². The van der Waals surface area contributed by atoms with Crippen LogP contribution < -0.4 is 0 Å². The fourth-order valence-electron chi connectivity index (χ4n) is 5.90. The number of aliphatic hydroxyl groups excluding tert-OH is 1. The second-order valence-corrected chi connectivity index (χ2v) is 14.6. The van der Waals surface area contributed by atoms with Gasteiger partial charge in [-0.3, -0.25) is 9.58 Å². The van der Waals surface area contributed by atoms with Crippen molar-refractivity contribution in [2.75, 3.05) is 71.0 Å². The molecule has 0 spiro atoms. The Hall–Kier alpha value is -1.75. The van der Waals surface area contributed by atoms with Crippen molar-refractivity contribution in [3.05, 3.63) is 35.0 Å². The van der Waals surface area contributed by atoms with Crippen LogP contribution in [-0.4, -0.2) is 121 Å². The van der Waals surface area contributed by atoms with Crippen molar-refractivity contribution in [2.24, 2.45) is 0 Å². The van der Waals surface area contributed by atoms with E-state index in [1.807, 2.05) is 4.90 Å². The molecule has 3 aliphatic heterocycles. The molecular weight excluding hydrogens is 610 g/mol. The molecule has 0 amide bonds. The first-order chi connectivity index (χ1) is 20.4. The Bertz CT molecular complexity index is 1360. The summed E-state index contributed by atoms with van der Waals surface area (Å²) >= 11 is 1.14.